The second-order valence-corrected chi connectivity index (χ2v) is 6.03. The molecule has 1 aromatic heterocycles. The molecule has 0 aliphatic carbocycles. The highest BCUT2D eigenvalue weighted by molar-refractivity contribution is 5.97. The van der Waals surface area contributed by atoms with Crippen molar-refractivity contribution >= 4 is 11.6 Å². The Hall–Kier alpha value is -1.69. The highest BCUT2D eigenvalue weighted by Crippen LogP contribution is 2.26. The van der Waals surface area contributed by atoms with Crippen molar-refractivity contribution in [1.29, 1.82) is 0 Å². The van der Waals surface area contributed by atoms with Crippen LogP contribution >= 0.6 is 0 Å². The fourth-order valence-corrected chi connectivity index (χ4v) is 2.35. The molecular formula is C15H24N4O2. The summed E-state index contributed by atoms with van der Waals surface area (Å²) in [5.74, 6) is 0.648. The Balaban J connectivity index is 2.27. The van der Waals surface area contributed by atoms with E-state index in [1.54, 1.807) is 13.2 Å². The van der Waals surface area contributed by atoms with E-state index in [0.29, 0.717) is 23.8 Å². The summed E-state index contributed by atoms with van der Waals surface area (Å²) in [6.45, 7) is 8.66. The molecule has 0 saturated carbocycles. The highest BCUT2D eigenvalue weighted by atomic mass is 16.5. The van der Waals surface area contributed by atoms with Gasteiger partial charge in [0.15, 0.2) is 5.69 Å². The molecule has 1 aromatic rings. The van der Waals surface area contributed by atoms with Gasteiger partial charge in [0.25, 0.3) is 5.91 Å². The van der Waals surface area contributed by atoms with Gasteiger partial charge in [0, 0.05) is 19.6 Å². The maximum Gasteiger partial charge on any atom is 0.272 e. The van der Waals surface area contributed by atoms with E-state index >= 15 is 0 Å². The third-order valence-electron chi connectivity index (χ3n) is 4.09. The van der Waals surface area contributed by atoms with Gasteiger partial charge in [0.05, 0.1) is 23.5 Å². The zero-order valence-electron chi connectivity index (χ0n) is 13.4. The summed E-state index contributed by atoms with van der Waals surface area (Å²) in [7, 11) is 1.76. The summed E-state index contributed by atoms with van der Waals surface area (Å²) >= 11 is 0. The second-order valence-electron chi connectivity index (χ2n) is 6.03. The molecule has 2 unspecified atom stereocenters. The molecule has 2 heterocycles. The Bertz CT molecular complexity index is 532. The molecule has 1 saturated heterocycles. The molecule has 0 spiro atoms. The normalized spacial score (nSPS) is 25.1. The van der Waals surface area contributed by atoms with E-state index in [1.165, 1.54) is 0 Å². The monoisotopic (exact) mass is 292 g/mol. The molecule has 6 nitrogen and oxygen atoms in total. The Kier molecular flexibility index (Phi) is 4.46. The second kappa shape index (κ2) is 5.97. The van der Waals surface area contributed by atoms with Crippen molar-refractivity contribution in [2.75, 3.05) is 19.0 Å². The molecule has 21 heavy (non-hydrogen) atoms. The number of amides is 1. The number of hydrogen-bond donors (Lipinski definition) is 2. The minimum atomic E-state index is -0.356. The van der Waals surface area contributed by atoms with E-state index in [-0.39, 0.29) is 23.5 Å². The summed E-state index contributed by atoms with van der Waals surface area (Å²) in [5, 5.41) is 6.04. The highest BCUT2D eigenvalue weighted by Gasteiger charge is 2.39. The lowest BCUT2D eigenvalue weighted by atomic mass is 9.94. The van der Waals surface area contributed by atoms with Crippen LogP contribution in [0.15, 0.2) is 6.20 Å². The van der Waals surface area contributed by atoms with E-state index in [0.717, 1.165) is 6.42 Å². The standard InChI is InChI=1S/C15H24N4O2/c1-9(2)13-17-8-11(16-5)12(18-13)14(20)19-15(4)6-7-21-10(15)3/h8-10,16H,6-7H2,1-5H3,(H,19,20). The Morgan fingerprint density at radius 2 is 2.24 bits per heavy atom. The van der Waals surface area contributed by atoms with E-state index in [4.69, 9.17) is 4.74 Å². The number of nitrogens with zero attached hydrogens (tertiary/aromatic N) is 2. The third kappa shape index (κ3) is 3.15. The lowest BCUT2D eigenvalue weighted by Crippen LogP contribution is -2.51. The molecule has 0 radical (unpaired) electrons. The SMILES string of the molecule is CNc1cnc(C(C)C)nc1C(=O)NC1(C)CCOC1C. The largest absolute Gasteiger partial charge is 0.385 e. The van der Waals surface area contributed by atoms with Crippen LogP contribution in [0.2, 0.25) is 0 Å². The van der Waals surface area contributed by atoms with Crippen LogP contribution in [0, 0.1) is 0 Å². The van der Waals surface area contributed by atoms with Gasteiger partial charge in [-0.15, -0.1) is 0 Å². The van der Waals surface area contributed by atoms with Crippen LogP contribution in [0.25, 0.3) is 0 Å². The zero-order valence-corrected chi connectivity index (χ0v) is 13.4. The van der Waals surface area contributed by atoms with Gasteiger partial charge in [-0.05, 0) is 20.3 Å². The predicted octanol–water partition coefficient (Wildman–Crippen LogP) is 1.94. The molecule has 6 heteroatoms. The average molecular weight is 292 g/mol. The van der Waals surface area contributed by atoms with Gasteiger partial charge in [-0.25, -0.2) is 9.97 Å². The number of ether oxygens (including phenoxy) is 1. The maximum atomic E-state index is 12.6. The van der Waals surface area contributed by atoms with Gasteiger partial charge in [-0.3, -0.25) is 4.79 Å². The maximum absolute atomic E-state index is 12.6. The summed E-state index contributed by atoms with van der Waals surface area (Å²) in [6, 6.07) is 0. The molecule has 2 rings (SSSR count). The number of anilines is 1. The molecule has 1 amide bonds. The van der Waals surface area contributed by atoms with Crippen molar-refractivity contribution in [3.05, 3.63) is 17.7 Å². The zero-order chi connectivity index (χ0) is 15.6. The fourth-order valence-electron chi connectivity index (χ4n) is 2.35. The summed E-state index contributed by atoms with van der Waals surface area (Å²) in [5.41, 5.74) is 0.661. The first kappa shape index (κ1) is 15.7. The Morgan fingerprint density at radius 3 is 2.76 bits per heavy atom. The minimum absolute atomic E-state index is 0.00843. The summed E-state index contributed by atoms with van der Waals surface area (Å²) in [6.07, 6.45) is 2.45. The smallest absolute Gasteiger partial charge is 0.272 e. The Morgan fingerprint density at radius 1 is 1.52 bits per heavy atom. The van der Waals surface area contributed by atoms with Crippen molar-refractivity contribution in [3.63, 3.8) is 0 Å². The average Bonchev–Trinajstić information content (AvgIpc) is 2.77. The molecular weight excluding hydrogens is 268 g/mol. The van der Waals surface area contributed by atoms with E-state index < -0.39 is 0 Å². The number of nitrogens with one attached hydrogen (secondary N) is 2. The molecule has 1 aliphatic rings. The first-order valence-corrected chi connectivity index (χ1v) is 7.36. The first-order chi connectivity index (χ1) is 9.87. The number of hydrogen-bond acceptors (Lipinski definition) is 5. The number of aromatic nitrogens is 2. The topological polar surface area (TPSA) is 76.1 Å². The van der Waals surface area contributed by atoms with Crippen molar-refractivity contribution in [1.82, 2.24) is 15.3 Å². The molecule has 1 aliphatic heterocycles. The number of carbonyl (C=O) groups is 1. The third-order valence-corrected chi connectivity index (χ3v) is 4.09. The van der Waals surface area contributed by atoms with Crippen molar-refractivity contribution in [2.24, 2.45) is 0 Å². The fraction of sp³-hybridized carbons (Fsp3) is 0.667. The number of rotatable bonds is 4. The van der Waals surface area contributed by atoms with Crippen LogP contribution < -0.4 is 10.6 Å². The van der Waals surface area contributed by atoms with Gasteiger partial charge in [0.1, 0.15) is 5.82 Å². The van der Waals surface area contributed by atoms with Crippen LogP contribution in [0.1, 0.15) is 56.3 Å². The van der Waals surface area contributed by atoms with Crippen LogP contribution in [0.3, 0.4) is 0 Å². The number of carbonyl (C=O) groups excluding carboxylic acids is 1. The molecule has 0 bridgehead atoms. The van der Waals surface area contributed by atoms with E-state index in [2.05, 4.69) is 20.6 Å². The lowest BCUT2D eigenvalue weighted by molar-refractivity contribution is 0.0724. The van der Waals surface area contributed by atoms with Gasteiger partial charge in [-0.2, -0.15) is 0 Å². The van der Waals surface area contributed by atoms with Crippen LogP contribution in [0.5, 0.6) is 0 Å². The van der Waals surface area contributed by atoms with Crippen molar-refractivity contribution in [3.8, 4) is 0 Å². The van der Waals surface area contributed by atoms with Gasteiger partial charge >= 0.3 is 0 Å². The van der Waals surface area contributed by atoms with Crippen LogP contribution in [-0.4, -0.2) is 41.2 Å². The summed E-state index contributed by atoms with van der Waals surface area (Å²) < 4.78 is 5.56. The predicted molar refractivity (Wildman–Crippen MR) is 81.6 cm³/mol. The van der Waals surface area contributed by atoms with Gasteiger partial charge < -0.3 is 15.4 Å². The van der Waals surface area contributed by atoms with Crippen molar-refractivity contribution < 1.29 is 9.53 Å². The van der Waals surface area contributed by atoms with E-state index in [9.17, 15) is 4.79 Å². The van der Waals surface area contributed by atoms with Crippen molar-refractivity contribution in [2.45, 2.75) is 51.7 Å². The molecule has 116 valence electrons. The summed E-state index contributed by atoms with van der Waals surface area (Å²) in [4.78, 5) is 21.3. The van der Waals surface area contributed by atoms with Gasteiger partial charge in [-0.1, -0.05) is 13.8 Å². The molecule has 2 N–H and O–H groups in total. The van der Waals surface area contributed by atoms with E-state index in [1.807, 2.05) is 27.7 Å². The Labute approximate surface area is 125 Å². The minimum Gasteiger partial charge on any atom is -0.385 e. The molecule has 2 atom stereocenters. The molecule has 1 fully saturated rings. The van der Waals surface area contributed by atoms with Gasteiger partial charge in [0.2, 0.25) is 0 Å². The molecule has 0 aromatic carbocycles. The van der Waals surface area contributed by atoms with Crippen LogP contribution in [-0.2, 0) is 4.74 Å². The van der Waals surface area contributed by atoms with Crippen LogP contribution in [0.4, 0.5) is 5.69 Å². The first-order valence-electron chi connectivity index (χ1n) is 7.36. The lowest BCUT2D eigenvalue weighted by Gasteiger charge is -2.29. The quantitative estimate of drug-likeness (QED) is 0.887.